The van der Waals surface area contributed by atoms with Gasteiger partial charge in [-0.3, -0.25) is 63.9 Å². The monoisotopic (exact) mass is 814 g/mol. The summed E-state index contributed by atoms with van der Waals surface area (Å²) in [4.78, 5) is 98.6. The molecule has 58 heavy (non-hydrogen) atoms. The molecule has 2 aromatic carbocycles. The van der Waals surface area contributed by atoms with Gasteiger partial charge >= 0.3 is 23.9 Å². The third kappa shape index (κ3) is 22.0. The highest BCUT2D eigenvalue weighted by Gasteiger charge is 2.20. The van der Waals surface area contributed by atoms with Crippen LogP contribution in [0.25, 0.3) is 0 Å². The van der Waals surface area contributed by atoms with Crippen LogP contribution in [0, 0.1) is 0 Å². The molecule has 0 aliphatic rings. The number of benzene rings is 2. The maximum Gasteiger partial charge on any atom is 0.317 e. The van der Waals surface area contributed by atoms with E-state index >= 15 is 0 Å². The lowest BCUT2D eigenvalue weighted by molar-refractivity contribution is -0.143. The number of unbranched alkanes of at least 4 members (excludes halogenated alkanes) is 2. The Morgan fingerprint density at radius 2 is 1.10 bits per heavy atom. The summed E-state index contributed by atoms with van der Waals surface area (Å²) in [6.45, 7) is -1.90. The fraction of sp³-hybridized carbons (Fsp3) is 0.474. The van der Waals surface area contributed by atoms with Crippen LogP contribution < -0.4 is 27.2 Å². The van der Waals surface area contributed by atoms with E-state index < -0.39 is 73.8 Å². The molecule has 0 radical (unpaired) electrons. The lowest BCUT2D eigenvalue weighted by Gasteiger charge is -2.28. The molecule has 0 fully saturated rings. The van der Waals surface area contributed by atoms with Crippen LogP contribution in [0.4, 0.5) is 0 Å². The van der Waals surface area contributed by atoms with Crippen molar-refractivity contribution in [2.24, 2.45) is 5.73 Å². The first-order chi connectivity index (χ1) is 27.6. The molecule has 2 aromatic rings. The Morgan fingerprint density at radius 3 is 1.64 bits per heavy atom. The van der Waals surface area contributed by atoms with Gasteiger partial charge in [0.05, 0.1) is 38.8 Å². The zero-order chi connectivity index (χ0) is 42.9. The normalized spacial score (nSPS) is 11.5. The lowest BCUT2D eigenvalue weighted by Crippen LogP contribution is -2.49. The molecular formula is C38H54N8O12. The van der Waals surface area contributed by atoms with Crippen LogP contribution in [0.1, 0.15) is 53.6 Å². The Bertz CT molecular complexity index is 1590. The van der Waals surface area contributed by atoms with Gasteiger partial charge in [-0.25, -0.2) is 0 Å². The largest absolute Gasteiger partial charge is 0.480 e. The molecule has 0 aromatic heterocycles. The number of carbonyl (C=O) groups excluding carboxylic acids is 4. The fourth-order valence-electron chi connectivity index (χ4n) is 5.55. The van der Waals surface area contributed by atoms with Crippen LogP contribution in [-0.2, 0) is 46.5 Å². The fourth-order valence-corrected chi connectivity index (χ4v) is 5.55. The molecule has 1 atom stereocenters. The van der Waals surface area contributed by atoms with Crippen LogP contribution in [0.15, 0.2) is 54.6 Å². The van der Waals surface area contributed by atoms with Gasteiger partial charge in [0.15, 0.2) is 0 Å². The number of hydrogen-bond donors (Lipinski definition) is 9. The maximum absolute atomic E-state index is 12.8. The third-order valence-electron chi connectivity index (χ3n) is 8.60. The summed E-state index contributed by atoms with van der Waals surface area (Å²) in [5.74, 6) is -6.60. The number of hydrazine groups is 1. The van der Waals surface area contributed by atoms with Gasteiger partial charge in [-0.15, -0.1) is 0 Å². The van der Waals surface area contributed by atoms with E-state index in [0.717, 1.165) is 20.9 Å². The number of carbonyl (C=O) groups is 8. The summed E-state index contributed by atoms with van der Waals surface area (Å²) in [5, 5.41) is 42.1. The Kier molecular flexibility index (Phi) is 22.3. The van der Waals surface area contributed by atoms with Crippen molar-refractivity contribution in [2.75, 3.05) is 65.4 Å². The second-order valence-electron chi connectivity index (χ2n) is 13.5. The van der Waals surface area contributed by atoms with E-state index in [4.69, 9.17) is 26.2 Å². The van der Waals surface area contributed by atoms with E-state index in [0.29, 0.717) is 37.7 Å². The summed E-state index contributed by atoms with van der Waals surface area (Å²) in [5.41, 5.74) is 12.7. The third-order valence-corrected chi connectivity index (χ3v) is 8.60. The van der Waals surface area contributed by atoms with Gasteiger partial charge in [-0.1, -0.05) is 48.9 Å². The number of rotatable bonds is 29. The zero-order valence-electron chi connectivity index (χ0n) is 32.3. The predicted octanol–water partition coefficient (Wildman–Crippen LogP) is -1.06. The minimum absolute atomic E-state index is 0.0401. The number of carboxylic acid groups (broad SMARTS) is 4. The molecule has 10 N–H and O–H groups in total. The Balaban J connectivity index is 1.71. The highest BCUT2D eigenvalue weighted by Crippen LogP contribution is 2.07. The van der Waals surface area contributed by atoms with Gasteiger partial charge in [0.2, 0.25) is 11.8 Å². The molecule has 20 heteroatoms. The van der Waals surface area contributed by atoms with Gasteiger partial charge in [0.25, 0.3) is 11.8 Å². The topological polar surface area (TPSA) is 301 Å². The van der Waals surface area contributed by atoms with Crippen LogP contribution >= 0.6 is 0 Å². The molecule has 0 bridgehead atoms. The Hall–Kier alpha value is -5.96. The van der Waals surface area contributed by atoms with E-state index in [9.17, 15) is 38.4 Å². The predicted molar refractivity (Wildman–Crippen MR) is 208 cm³/mol. The van der Waals surface area contributed by atoms with Crippen molar-refractivity contribution in [3.05, 3.63) is 71.3 Å². The zero-order valence-corrected chi connectivity index (χ0v) is 32.3. The smallest absolute Gasteiger partial charge is 0.317 e. The second kappa shape index (κ2) is 26.8. The SMILES string of the molecule is NC(CCc1ccccc1)C(=O)NNC(=O)c1ccc(CNC(=O)CCCCCNC(=O)CN(CCN(CC(=O)O)CC(=O)O)CCN(CC(=O)O)CC(=O)O)cc1. The highest BCUT2D eigenvalue weighted by molar-refractivity contribution is 5.95. The molecule has 0 spiro atoms. The number of nitrogens with one attached hydrogen (secondary N) is 4. The summed E-state index contributed by atoms with van der Waals surface area (Å²) in [7, 11) is 0. The number of hydrogen-bond acceptors (Lipinski definition) is 12. The van der Waals surface area contributed by atoms with E-state index in [2.05, 4.69) is 21.5 Å². The van der Waals surface area contributed by atoms with Crippen LogP contribution in [0.3, 0.4) is 0 Å². The summed E-state index contributed by atoms with van der Waals surface area (Å²) < 4.78 is 0. The molecule has 20 nitrogen and oxygen atoms in total. The molecule has 0 saturated heterocycles. The molecule has 0 aliphatic carbocycles. The van der Waals surface area contributed by atoms with Crippen molar-refractivity contribution < 1.29 is 58.8 Å². The standard InChI is InChI=1S/C38H54N8O12/c39-30(15-12-27-7-3-1-4-8-27)38(58)43-42-37(57)29-13-10-28(11-14-29)21-41-31(47)9-5-2-6-16-40-32(48)22-44(17-19-45(23-33(49)50)24-34(51)52)18-20-46(25-35(53)54)26-36(55)56/h1,3-4,7-8,10-11,13-14,30H,2,5-6,9,12,15-26,39H2,(H,40,48)(H,41,47)(H,42,57)(H,43,58)(H,49,50)(H,51,52)(H,53,54)(H,55,56). The minimum atomic E-state index is -1.24. The van der Waals surface area contributed by atoms with E-state index in [1.807, 2.05) is 30.3 Å². The van der Waals surface area contributed by atoms with E-state index in [-0.39, 0.29) is 58.1 Å². The summed E-state index contributed by atoms with van der Waals surface area (Å²) in [6.07, 6.45) is 2.98. The quantitative estimate of drug-likeness (QED) is 0.0350. The minimum Gasteiger partial charge on any atom is -0.480 e. The number of aryl methyl sites for hydroxylation is 1. The maximum atomic E-state index is 12.8. The first-order valence-corrected chi connectivity index (χ1v) is 18.7. The van der Waals surface area contributed by atoms with Crippen molar-refractivity contribution in [1.82, 2.24) is 36.2 Å². The van der Waals surface area contributed by atoms with Gasteiger partial charge in [-0.05, 0) is 48.9 Å². The molecule has 318 valence electrons. The Morgan fingerprint density at radius 1 is 0.569 bits per heavy atom. The van der Waals surface area contributed by atoms with Crippen LogP contribution in [0.2, 0.25) is 0 Å². The van der Waals surface area contributed by atoms with E-state index in [1.54, 1.807) is 29.2 Å². The first-order valence-electron chi connectivity index (χ1n) is 18.7. The number of aliphatic carboxylic acids is 4. The van der Waals surface area contributed by atoms with Crippen molar-refractivity contribution in [3.63, 3.8) is 0 Å². The number of carboxylic acids is 4. The molecule has 1 unspecified atom stereocenters. The van der Waals surface area contributed by atoms with Crippen LogP contribution in [-0.4, -0.2) is 154 Å². The second-order valence-corrected chi connectivity index (χ2v) is 13.5. The number of nitrogens with zero attached hydrogens (tertiary/aromatic N) is 3. The average Bonchev–Trinajstić information content (AvgIpc) is 3.16. The van der Waals surface area contributed by atoms with Crippen molar-refractivity contribution in [1.29, 1.82) is 0 Å². The van der Waals surface area contributed by atoms with E-state index in [1.165, 1.54) is 0 Å². The molecule has 2 rings (SSSR count). The van der Waals surface area contributed by atoms with Crippen LogP contribution in [0.5, 0.6) is 0 Å². The lowest BCUT2D eigenvalue weighted by atomic mass is 10.1. The molecular weight excluding hydrogens is 760 g/mol. The van der Waals surface area contributed by atoms with Gasteiger partial charge in [0, 0.05) is 51.3 Å². The van der Waals surface area contributed by atoms with Crippen molar-refractivity contribution in [2.45, 2.75) is 51.1 Å². The Labute approximate surface area is 335 Å². The average molecular weight is 815 g/mol. The summed E-state index contributed by atoms with van der Waals surface area (Å²) >= 11 is 0. The first kappa shape index (κ1) is 48.2. The molecule has 0 saturated carbocycles. The number of amides is 4. The van der Waals surface area contributed by atoms with Gasteiger partial charge in [-0.2, -0.15) is 0 Å². The summed E-state index contributed by atoms with van der Waals surface area (Å²) in [6, 6.07) is 15.3. The van der Waals surface area contributed by atoms with Gasteiger partial charge in [0.1, 0.15) is 0 Å². The van der Waals surface area contributed by atoms with Crippen molar-refractivity contribution >= 4 is 47.5 Å². The molecule has 4 amide bonds. The van der Waals surface area contributed by atoms with Crippen molar-refractivity contribution in [3.8, 4) is 0 Å². The molecule has 0 heterocycles. The highest BCUT2D eigenvalue weighted by atomic mass is 16.4. The molecule has 0 aliphatic heterocycles. The van der Waals surface area contributed by atoms with Gasteiger partial charge < -0.3 is 36.8 Å². The number of nitrogens with two attached hydrogens (primary N) is 1.